The Hall–Kier alpha value is -0.880. The van der Waals surface area contributed by atoms with Crippen LogP contribution < -0.4 is 0 Å². The minimum Gasteiger partial charge on any atom is -0.393 e. The molecular formula is C18H27NO3S. The summed E-state index contributed by atoms with van der Waals surface area (Å²) in [5.41, 5.74) is 0.242. The molecule has 0 radical (unpaired) electrons. The number of ether oxygens (including phenoxy) is 1. The first-order chi connectivity index (χ1) is 10.9. The van der Waals surface area contributed by atoms with Gasteiger partial charge in [0.05, 0.1) is 24.9 Å². The molecule has 4 nitrogen and oxygen atoms in total. The minimum absolute atomic E-state index is 0.153. The molecule has 1 N–H and O–H groups in total. The number of nitrogens with zero attached hydrogens (tertiary/aromatic N) is 1. The highest BCUT2D eigenvalue weighted by atomic mass is 32.2. The van der Waals surface area contributed by atoms with Crippen molar-refractivity contribution in [1.82, 2.24) is 4.90 Å². The topological polar surface area (TPSA) is 49.8 Å². The summed E-state index contributed by atoms with van der Waals surface area (Å²) in [4.78, 5) is 16.2. The Bertz CT molecular complexity index is 508. The van der Waals surface area contributed by atoms with Gasteiger partial charge in [-0.25, -0.2) is 0 Å². The molecule has 0 aromatic heterocycles. The Morgan fingerprint density at radius 3 is 2.48 bits per heavy atom. The molecule has 1 fully saturated rings. The molecule has 0 bridgehead atoms. The Kier molecular flexibility index (Phi) is 6.65. The van der Waals surface area contributed by atoms with Crippen LogP contribution in [0.15, 0.2) is 29.2 Å². The highest BCUT2D eigenvalue weighted by Gasteiger charge is 2.35. The Morgan fingerprint density at radius 1 is 1.30 bits per heavy atom. The molecule has 1 saturated heterocycles. The van der Waals surface area contributed by atoms with Gasteiger partial charge in [0.25, 0.3) is 0 Å². The van der Waals surface area contributed by atoms with Crippen molar-refractivity contribution in [3.8, 4) is 0 Å². The number of rotatable bonds is 7. The Labute approximate surface area is 143 Å². The molecule has 1 unspecified atom stereocenters. The molecule has 0 aliphatic carbocycles. The van der Waals surface area contributed by atoms with Crippen molar-refractivity contribution in [2.75, 3.05) is 32.1 Å². The largest absolute Gasteiger partial charge is 0.393 e. The molecule has 2 rings (SSSR count). The van der Waals surface area contributed by atoms with Crippen molar-refractivity contribution in [2.24, 2.45) is 0 Å². The van der Waals surface area contributed by atoms with Crippen LogP contribution in [-0.4, -0.2) is 59.5 Å². The molecule has 0 spiro atoms. The number of hydrogen-bond acceptors (Lipinski definition) is 5. The summed E-state index contributed by atoms with van der Waals surface area (Å²) >= 11 is 1.71. The van der Waals surface area contributed by atoms with Crippen LogP contribution >= 0.6 is 11.8 Å². The zero-order valence-corrected chi connectivity index (χ0v) is 15.1. The van der Waals surface area contributed by atoms with Crippen LogP contribution in [0, 0.1) is 0 Å². The standard InChI is InChI=1S/C18H27NO3S/c1-14(20)8-13-23-16-6-4-15(5-7-16)17(21)18(2,3)19-9-11-22-12-10-19/h4-7,14,20H,8-13H2,1-3H3. The van der Waals surface area contributed by atoms with Crippen LogP contribution in [0.25, 0.3) is 0 Å². The number of thioether (sulfide) groups is 1. The second-order valence-electron chi connectivity index (χ2n) is 6.50. The molecular weight excluding hydrogens is 310 g/mol. The second kappa shape index (κ2) is 8.29. The number of benzene rings is 1. The van der Waals surface area contributed by atoms with Gasteiger partial charge in [-0.3, -0.25) is 9.69 Å². The van der Waals surface area contributed by atoms with E-state index in [9.17, 15) is 9.90 Å². The predicted octanol–water partition coefficient (Wildman–Crippen LogP) is 2.84. The minimum atomic E-state index is -0.509. The first kappa shape index (κ1) is 18.5. The van der Waals surface area contributed by atoms with Crippen LogP contribution in [0.1, 0.15) is 37.6 Å². The van der Waals surface area contributed by atoms with Crippen molar-refractivity contribution in [2.45, 2.75) is 43.7 Å². The zero-order valence-electron chi connectivity index (χ0n) is 14.2. The molecule has 1 aliphatic rings. The SMILES string of the molecule is CC(O)CCSc1ccc(C(=O)C(C)(C)N2CCOCC2)cc1. The summed E-state index contributed by atoms with van der Waals surface area (Å²) in [7, 11) is 0. The lowest BCUT2D eigenvalue weighted by Crippen LogP contribution is -2.54. The normalized spacial score (nSPS) is 17.9. The molecule has 1 aromatic rings. The summed E-state index contributed by atoms with van der Waals surface area (Å²) in [5.74, 6) is 1.03. The van der Waals surface area contributed by atoms with Gasteiger partial charge in [0.1, 0.15) is 0 Å². The lowest BCUT2D eigenvalue weighted by molar-refractivity contribution is -0.00430. The van der Waals surface area contributed by atoms with Crippen molar-refractivity contribution in [1.29, 1.82) is 0 Å². The van der Waals surface area contributed by atoms with Crippen molar-refractivity contribution in [3.63, 3.8) is 0 Å². The number of morpholine rings is 1. The number of hydrogen-bond donors (Lipinski definition) is 1. The van der Waals surface area contributed by atoms with Gasteiger partial charge in [0.2, 0.25) is 0 Å². The van der Waals surface area contributed by atoms with Gasteiger partial charge >= 0.3 is 0 Å². The van der Waals surface area contributed by atoms with Crippen LogP contribution in [0.5, 0.6) is 0 Å². The van der Waals surface area contributed by atoms with E-state index in [2.05, 4.69) is 4.90 Å². The maximum atomic E-state index is 12.9. The number of ketones is 1. The van der Waals surface area contributed by atoms with Gasteiger partial charge in [0.15, 0.2) is 5.78 Å². The van der Waals surface area contributed by atoms with E-state index in [0.717, 1.165) is 35.7 Å². The van der Waals surface area contributed by atoms with Crippen molar-refractivity contribution < 1.29 is 14.6 Å². The maximum Gasteiger partial charge on any atom is 0.182 e. The zero-order chi connectivity index (χ0) is 16.9. The van der Waals surface area contributed by atoms with Crippen LogP contribution in [0.2, 0.25) is 0 Å². The summed E-state index contributed by atoms with van der Waals surface area (Å²) in [6.07, 6.45) is 0.507. The maximum absolute atomic E-state index is 12.9. The quantitative estimate of drug-likeness (QED) is 0.612. The average Bonchev–Trinajstić information content (AvgIpc) is 2.55. The van der Waals surface area contributed by atoms with E-state index in [1.807, 2.05) is 38.1 Å². The molecule has 128 valence electrons. The molecule has 1 aromatic carbocycles. The number of aliphatic hydroxyl groups is 1. The van der Waals surface area contributed by atoms with E-state index < -0.39 is 5.54 Å². The van der Waals surface area contributed by atoms with E-state index in [-0.39, 0.29) is 11.9 Å². The third-order valence-corrected chi connectivity index (χ3v) is 5.32. The molecule has 1 atom stereocenters. The number of carbonyl (C=O) groups is 1. The molecule has 5 heteroatoms. The first-order valence-corrected chi connectivity index (χ1v) is 9.18. The molecule has 0 saturated carbocycles. The van der Waals surface area contributed by atoms with Gasteiger partial charge in [-0.2, -0.15) is 0 Å². The highest BCUT2D eigenvalue weighted by Crippen LogP contribution is 2.24. The van der Waals surface area contributed by atoms with Gasteiger partial charge in [-0.05, 0) is 39.3 Å². The smallest absolute Gasteiger partial charge is 0.182 e. The van der Waals surface area contributed by atoms with E-state index >= 15 is 0 Å². The number of Topliss-reactive ketones (excluding diaryl/α,β-unsaturated/α-hetero) is 1. The molecule has 0 amide bonds. The fourth-order valence-electron chi connectivity index (χ4n) is 2.67. The third-order valence-electron chi connectivity index (χ3n) is 4.28. The Morgan fingerprint density at radius 2 is 1.91 bits per heavy atom. The van der Waals surface area contributed by atoms with Crippen LogP contribution in [-0.2, 0) is 4.74 Å². The summed E-state index contributed by atoms with van der Waals surface area (Å²) in [6, 6.07) is 7.81. The van der Waals surface area contributed by atoms with E-state index in [1.165, 1.54) is 0 Å². The fourth-order valence-corrected chi connectivity index (χ4v) is 3.69. The lowest BCUT2D eigenvalue weighted by atomic mass is 9.91. The fraction of sp³-hybridized carbons (Fsp3) is 0.611. The summed E-state index contributed by atoms with van der Waals surface area (Å²) < 4.78 is 5.38. The molecule has 1 heterocycles. The number of carbonyl (C=O) groups excluding carboxylic acids is 1. The van der Waals surface area contributed by atoms with E-state index in [0.29, 0.717) is 13.2 Å². The second-order valence-corrected chi connectivity index (χ2v) is 7.67. The van der Waals surface area contributed by atoms with E-state index in [1.54, 1.807) is 18.7 Å². The lowest BCUT2D eigenvalue weighted by Gasteiger charge is -2.39. The number of aliphatic hydroxyl groups excluding tert-OH is 1. The first-order valence-electron chi connectivity index (χ1n) is 8.20. The van der Waals surface area contributed by atoms with Gasteiger partial charge in [-0.1, -0.05) is 12.1 Å². The monoisotopic (exact) mass is 337 g/mol. The highest BCUT2D eigenvalue weighted by molar-refractivity contribution is 7.99. The van der Waals surface area contributed by atoms with Gasteiger partial charge in [0, 0.05) is 29.3 Å². The van der Waals surface area contributed by atoms with Crippen molar-refractivity contribution >= 4 is 17.5 Å². The third kappa shape index (κ3) is 5.05. The van der Waals surface area contributed by atoms with E-state index in [4.69, 9.17) is 4.74 Å². The molecule has 1 aliphatic heterocycles. The van der Waals surface area contributed by atoms with Gasteiger partial charge in [-0.15, -0.1) is 11.8 Å². The van der Waals surface area contributed by atoms with Crippen molar-refractivity contribution in [3.05, 3.63) is 29.8 Å². The average molecular weight is 337 g/mol. The van der Waals surface area contributed by atoms with Crippen LogP contribution in [0.3, 0.4) is 0 Å². The predicted molar refractivity (Wildman–Crippen MR) is 94.3 cm³/mol. The van der Waals surface area contributed by atoms with Crippen LogP contribution in [0.4, 0.5) is 0 Å². The summed E-state index contributed by atoms with van der Waals surface area (Å²) in [6.45, 7) is 8.76. The molecule has 23 heavy (non-hydrogen) atoms. The Balaban J connectivity index is 1.98. The summed E-state index contributed by atoms with van der Waals surface area (Å²) in [5, 5.41) is 9.29. The van der Waals surface area contributed by atoms with Gasteiger partial charge < -0.3 is 9.84 Å².